The van der Waals surface area contributed by atoms with Gasteiger partial charge in [-0.1, -0.05) is 0 Å². The molecule has 3 rings (SSSR count). The molecule has 2 heterocycles. The summed E-state index contributed by atoms with van der Waals surface area (Å²) in [5.41, 5.74) is 1.79. The van der Waals surface area contributed by atoms with Crippen LogP contribution in [0.5, 0.6) is 0 Å². The van der Waals surface area contributed by atoms with Crippen molar-refractivity contribution in [1.29, 1.82) is 0 Å². The van der Waals surface area contributed by atoms with Crippen molar-refractivity contribution in [2.45, 2.75) is 13.3 Å². The molecule has 0 aliphatic carbocycles. The van der Waals surface area contributed by atoms with E-state index >= 15 is 0 Å². The predicted octanol–water partition coefficient (Wildman–Crippen LogP) is 3.46. The zero-order chi connectivity index (χ0) is 18.7. The van der Waals surface area contributed by atoms with E-state index in [2.05, 4.69) is 10.4 Å². The molecule has 7 heteroatoms. The summed E-state index contributed by atoms with van der Waals surface area (Å²) in [5.74, 6) is -0.491. The maximum Gasteiger partial charge on any atom is 0.269 e. The Morgan fingerprint density at radius 2 is 1.92 bits per heavy atom. The highest BCUT2D eigenvalue weighted by atomic mass is 32.1. The number of aryl methyl sites for hydroxylation is 1. The fourth-order valence-electron chi connectivity index (χ4n) is 2.53. The maximum absolute atomic E-state index is 13.0. The fourth-order valence-corrected chi connectivity index (χ4v) is 3.44. The molecule has 0 fully saturated rings. The van der Waals surface area contributed by atoms with Crippen LogP contribution in [-0.2, 0) is 13.5 Å². The number of aromatic nitrogens is 2. The van der Waals surface area contributed by atoms with Gasteiger partial charge in [0.25, 0.3) is 5.91 Å². The average molecular weight is 371 g/mol. The molecule has 5 nitrogen and oxygen atoms in total. The van der Waals surface area contributed by atoms with E-state index in [0.29, 0.717) is 24.4 Å². The summed E-state index contributed by atoms with van der Waals surface area (Å²) in [4.78, 5) is 25.5. The molecule has 2 aromatic heterocycles. The van der Waals surface area contributed by atoms with E-state index in [4.69, 9.17) is 0 Å². The molecule has 1 aromatic carbocycles. The number of amides is 1. The fraction of sp³-hybridized carbons (Fsp3) is 0.211. The number of hydrogen-bond acceptors (Lipinski definition) is 4. The van der Waals surface area contributed by atoms with E-state index < -0.39 is 0 Å². The molecule has 0 atom stereocenters. The van der Waals surface area contributed by atoms with Gasteiger partial charge >= 0.3 is 0 Å². The molecule has 3 aromatic rings. The second-order valence-corrected chi connectivity index (χ2v) is 7.04. The van der Waals surface area contributed by atoms with Gasteiger partial charge < -0.3 is 5.32 Å². The molecule has 0 bridgehead atoms. The van der Waals surface area contributed by atoms with Gasteiger partial charge in [0.2, 0.25) is 0 Å². The number of nitrogens with one attached hydrogen (secondary N) is 1. The zero-order valence-corrected chi connectivity index (χ0v) is 15.3. The van der Waals surface area contributed by atoms with Gasteiger partial charge in [0, 0.05) is 24.0 Å². The number of benzene rings is 1. The molecule has 0 aliphatic rings. The smallest absolute Gasteiger partial charge is 0.269 e. The van der Waals surface area contributed by atoms with Gasteiger partial charge in [0.05, 0.1) is 10.6 Å². The summed E-state index contributed by atoms with van der Waals surface area (Å²) >= 11 is 1.45. The van der Waals surface area contributed by atoms with Crippen LogP contribution >= 0.6 is 11.3 Å². The summed E-state index contributed by atoms with van der Waals surface area (Å²) in [5, 5.41) is 7.18. The number of ketones is 1. The number of thiophene rings is 1. The van der Waals surface area contributed by atoms with Crippen molar-refractivity contribution in [3.63, 3.8) is 0 Å². The zero-order valence-electron chi connectivity index (χ0n) is 14.5. The van der Waals surface area contributed by atoms with E-state index in [1.54, 1.807) is 38.2 Å². The standard InChI is InChI=1S/C19H18FN3O2S/c1-12(24)18-8-7-15(26-18)9-10-21-19(25)17-11-16(22-23(17)2)13-3-5-14(20)6-4-13/h3-8,11H,9-10H2,1-2H3,(H,21,25). The molecule has 0 radical (unpaired) electrons. The molecule has 1 N–H and O–H groups in total. The summed E-state index contributed by atoms with van der Waals surface area (Å²) in [7, 11) is 1.69. The normalized spacial score (nSPS) is 10.7. The third-order valence-corrected chi connectivity index (χ3v) is 5.16. The van der Waals surface area contributed by atoms with Gasteiger partial charge in [-0.3, -0.25) is 14.3 Å². The number of halogens is 1. The number of carbonyl (C=O) groups excluding carboxylic acids is 2. The van der Waals surface area contributed by atoms with Crippen LogP contribution in [0, 0.1) is 5.82 Å². The molecule has 0 aliphatic heterocycles. The van der Waals surface area contributed by atoms with Crippen molar-refractivity contribution in [3.05, 3.63) is 63.7 Å². The lowest BCUT2D eigenvalue weighted by atomic mass is 10.1. The molecule has 1 amide bonds. The Balaban J connectivity index is 1.62. The quantitative estimate of drug-likeness (QED) is 0.675. The van der Waals surface area contributed by atoms with Crippen molar-refractivity contribution >= 4 is 23.0 Å². The van der Waals surface area contributed by atoms with Crippen LogP contribution in [-0.4, -0.2) is 28.0 Å². The lowest BCUT2D eigenvalue weighted by Gasteiger charge is -2.04. The Hall–Kier alpha value is -2.80. The third kappa shape index (κ3) is 4.05. The van der Waals surface area contributed by atoms with Crippen molar-refractivity contribution < 1.29 is 14.0 Å². The Bertz CT molecular complexity index is 944. The van der Waals surface area contributed by atoms with Gasteiger partial charge in [-0.05, 0) is 55.8 Å². The Labute approximate surface area is 154 Å². The number of rotatable bonds is 6. The Morgan fingerprint density at radius 1 is 1.19 bits per heavy atom. The molecule has 26 heavy (non-hydrogen) atoms. The minimum atomic E-state index is -0.316. The summed E-state index contributed by atoms with van der Waals surface area (Å²) in [6, 6.07) is 11.4. The van der Waals surface area contributed by atoms with Gasteiger partial charge in [-0.2, -0.15) is 5.10 Å². The summed E-state index contributed by atoms with van der Waals surface area (Å²) in [6.45, 7) is 2.01. The first kappa shape index (κ1) is 18.0. The molecular formula is C19H18FN3O2S. The van der Waals surface area contributed by atoms with Crippen molar-refractivity contribution in [2.75, 3.05) is 6.54 Å². The van der Waals surface area contributed by atoms with E-state index in [-0.39, 0.29) is 17.5 Å². The molecule has 134 valence electrons. The second-order valence-electron chi connectivity index (χ2n) is 5.87. The summed E-state index contributed by atoms with van der Waals surface area (Å²) < 4.78 is 14.5. The van der Waals surface area contributed by atoms with Crippen LogP contribution in [0.2, 0.25) is 0 Å². The lowest BCUT2D eigenvalue weighted by Crippen LogP contribution is -2.27. The molecule has 0 spiro atoms. The van der Waals surface area contributed by atoms with Gasteiger partial charge in [-0.15, -0.1) is 11.3 Å². The molecule has 0 saturated carbocycles. The average Bonchev–Trinajstić information content (AvgIpc) is 3.22. The first-order valence-electron chi connectivity index (χ1n) is 8.12. The van der Waals surface area contributed by atoms with Crippen LogP contribution in [0.3, 0.4) is 0 Å². The van der Waals surface area contributed by atoms with Crippen molar-refractivity contribution in [3.8, 4) is 11.3 Å². The monoisotopic (exact) mass is 371 g/mol. The van der Waals surface area contributed by atoms with E-state index in [9.17, 15) is 14.0 Å². The number of Topliss-reactive ketones (excluding diaryl/α,β-unsaturated/α-hetero) is 1. The minimum absolute atomic E-state index is 0.0495. The van der Waals surface area contributed by atoms with E-state index in [0.717, 1.165) is 15.3 Å². The van der Waals surface area contributed by atoms with Crippen LogP contribution in [0.15, 0.2) is 42.5 Å². The SMILES string of the molecule is CC(=O)c1ccc(CCNC(=O)c2cc(-c3ccc(F)cc3)nn2C)s1. The van der Waals surface area contributed by atoms with Gasteiger partial charge in [-0.25, -0.2) is 4.39 Å². The van der Waals surface area contributed by atoms with Crippen molar-refractivity contribution in [1.82, 2.24) is 15.1 Å². The van der Waals surface area contributed by atoms with Crippen molar-refractivity contribution in [2.24, 2.45) is 7.05 Å². The van der Waals surface area contributed by atoms with Gasteiger partial charge in [0.1, 0.15) is 11.5 Å². The minimum Gasteiger partial charge on any atom is -0.350 e. The summed E-state index contributed by atoms with van der Waals surface area (Å²) in [6.07, 6.45) is 0.659. The lowest BCUT2D eigenvalue weighted by molar-refractivity contribution is 0.0944. The molecule has 0 saturated heterocycles. The van der Waals surface area contributed by atoms with Gasteiger partial charge in [0.15, 0.2) is 5.78 Å². The van der Waals surface area contributed by atoms with Crippen LogP contribution in [0.4, 0.5) is 4.39 Å². The first-order chi connectivity index (χ1) is 12.4. The predicted molar refractivity (Wildman–Crippen MR) is 99.0 cm³/mol. The second kappa shape index (κ2) is 7.61. The Kier molecular flexibility index (Phi) is 5.27. The number of hydrogen-bond donors (Lipinski definition) is 1. The molecule has 0 unspecified atom stereocenters. The highest BCUT2D eigenvalue weighted by Crippen LogP contribution is 2.20. The Morgan fingerprint density at radius 3 is 2.58 bits per heavy atom. The van der Waals surface area contributed by atoms with Crippen LogP contribution in [0.25, 0.3) is 11.3 Å². The maximum atomic E-state index is 13.0. The van der Waals surface area contributed by atoms with E-state index in [1.165, 1.54) is 28.2 Å². The highest BCUT2D eigenvalue weighted by Gasteiger charge is 2.14. The van der Waals surface area contributed by atoms with Crippen LogP contribution < -0.4 is 5.32 Å². The third-order valence-electron chi connectivity index (χ3n) is 3.92. The van der Waals surface area contributed by atoms with Crippen LogP contribution in [0.1, 0.15) is 32.0 Å². The first-order valence-corrected chi connectivity index (χ1v) is 8.93. The highest BCUT2D eigenvalue weighted by molar-refractivity contribution is 7.14. The van der Waals surface area contributed by atoms with E-state index in [1.807, 2.05) is 6.07 Å². The topological polar surface area (TPSA) is 64.0 Å². The largest absolute Gasteiger partial charge is 0.350 e. The number of nitrogens with zero attached hydrogens (tertiary/aromatic N) is 2. The number of carbonyl (C=O) groups is 2. The molecular weight excluding hydrogens is 353 g/mol.